The van der Waals surface area contributed by atoms with Gasteiger partial charge < -0.3 is 5.32 Å². The van der Waals surface area contributed by atoms with Crippen molar-refractivity contribution in [2.24, 2.45) is 5.92 Å². The van der Waals surface area contributed by atoms with Crippen LogP contribution in [0.3, 0.4) is 0 Å². The minimum absolute atomic E-state index is 0.0609. The number of carbonyl (C=O) groups excluding carboxylic acids is 1. The molecule has 2 aromatic carbocycles. The first-order valence-electron chi connectivity index (χ1n) is 9.34. The topological polar surface area (TPSA) is 42.0 Å². The summed E-state index contributed by atoms with van der Waals surface area (Å²) in [6, 6.07) is 18.8. The highest BCUT2D eigenvalue weighted by molar-refractivity contribution is 7.14. The van der Waals surface area contributed by atoms with Crippen LogP contribution in [0.4, 0.5) is 5.13 Å². The summed E-state index contributed by atoms with van der Waals surface area (Å²) in [6.07, 6.45) is 0.919. The first-order valence-corrected chi connectivity index (χ1v) is 10.2. The molecule has 1 aliphatic carbocycles. The normalized spacial score (nSPS) is 18.9. The molecular formula is C23H24N2OS. The summed E-state index contributed by atoms with van der Waals surface area (Å²) in [5, 5.41) is 5.68. The number of hydrogen-bond acceptors (Lipinski definition) is 3. The number of nitrogens with zero attached hydrogens (tertiary/aromatic N) is 1. The summed E-state index contributed by atoms with van der Waals surface area (Å²) in [5.74, 6) is 0.481. The number of rotatable bonds is 4. The minimum atomic E-state index is 0.0609. The van der Waals surface area contributed by atoms with E-state index in [0.717, 1.165) is 17.7 Å². The van der Waals surface area contributed by atoms with Crippen molar-refractivity contribution in [1.29, 1.82) is 0 Å². The molecule has 3 nitrogen and oxygen atoms in total. The van der Waals surface area contributed by atoms with E-state index in [2.05, 4.69) is 67.5 Å². The molecule has 4 heteroatoms. The molecule has 27 heavy (non-hydrogen) atoms. The van der Waals surface area contributed by atoms with E-state index in [9.17, 15) is 4.79 Å². The Morgan fingerprint density at radius 3 is 2.44 bits per heavy atom. The van der Waals surface area contributed by atoms with Crippen LogP contribution in [0.2, 0.25) is 0 Å². The van der Waals surface area contributed by atoms with Crippen LogP contribution in [-0.2, 0) is 10.2 Å². The van der Waals surface area contributed by atoms with Crippen molar-refractivity contribution in [3.63, 3.8) is 0 Å². The number of thiazole rings is 1. The third-order valence-corrected chi connectivity index (χ3v) is 5.89. The van der Waals surface area contributed by atoms with Crippen LogP contribution < -0.4 is 5.32 Å². The fraction of sp³-hybridized carbons (Fsp3) is 0.304. The first-order chi connectivity index (χ1) is 12.9. The molecule has 1 aliphatic rings. The van der Waals surface area contributed by atoms with Crippen LogP contribution in [-0.4, -0.2) is 10.9 Å². The summed E-state index contributed by atoms with van der Waals surface area (Å²) in [7, 11) is 0. The van der Waals surface area contributed by atoms with Gasteiger partial charge in [0, 0.05) is 16.9 Å². The number of amides is 1. The zero-order valence-corrected chi connectivity index (χ0v) is 16.7. The second kappa shape index (κ2) is 6.93. The van der Waals surface area contributed by atoms with E-state index in [1.54, 1.807) is 0 Å². The van der Waals surface area contributed by atoms with Gasteiger partial charge in [0.05, 0.1) is 5.69 Å². The molecule has 2 atom stereocenters. The number of carbonyl (C=O) groups is 1. The molecule has 138 valence electrons. The molecule has 3 aromatic rings. The number of nitrogens with one attached hydrogen (secondary N) is 1. The van der Waals surface area contributed by atoms with Crippen molar-refractivity contribution in [2.45, 2.75) is 38.5 Å². The van der Waals surface area contributed by atoms with Crippen LogP contribution >= 0.6 is 11.3 Å². The summed E-state index contributed by atoms with van der Waals surface area (Å²) in [4.78, 5) is 17.1. The van der Waals surface area contributed by atoms with Gasteiger partial charge in [0.15, 0.2) is 5.13 Å². The Bertz CT molecular complexity index is 939. The molecule has 0 aliphatic heterocycles. The van der Waals surface area contributed by atoms with Crippen molar-refractivity contribution < 1.29 is 4.79 Å². The highest BCUT2D eigenvalue weighted by Crippen LogP contribution is 2.48. The van der Waals surface area contributed by atoms with E-state index in [4.69, 9.17) is 0 Å². The lowest BCUT2D eigenvalue weighted by Crippen LogP contribution is -2.14. The average Bonchev–Trinajstić information content (AvgIpc) is 3.34. The zero-order valence-electron chi connectivity index (χ0n) is 15.9. The molecule has 1 saturated carbocycles. The zero-order chi connectivity index (χ0) is 19.0. The monoisotopic (exact) mass is 376 g/mol. The van der Waals surface area contributed by atoms with E-state index in [-0.39, 0.29) is 17.2 Å². The Kier molecular flexibility index (Phi) is 4.60. The molecule has 1 aromatic heterocycles. The fourth-order valence-corrected chi connectivity index (χ4v) is 4.08. The Hall–Kier alpha value is -2.46. The molecule has 2 unspecified atom stereocenters. The molecule has 4 rings (SSSR count). The van der Waals surface area contributed by atoms with Gasteiger partial charge in [0.2, 0.25) is 5.91 Å². The molecule has 1 N–H and O–H groups in total. The van der Waals surface area contributed by atoms with E-state index < -0.39 is 0 Å². The lowest BCUT2D eigenvalue weighted by Gasteiger charge is -2.18. The van der Waals surface area contributed by atoms with E-state index in [1.807, 2.05) is 23.6 Å². The van der Waals surface area contributed by atoms with Crippen LogP contribution in [0.5, 0.6) is 0 Å². The summed E-state index contributed by atoms with van der Waals surface area (Å²) in [6.45, 7) is 6.62. The molecule has 1 heterocycles. The molecule has 0 radical (unpaired) electrons. The van der Waals surface area contributed by atoms with Crippen molar-refractivity contribution in [1.82, 2.24) is 4.98 Å². The smallest absolute Gasteiger partial charge is 0.229 e. The number of anilines is 1. The second-order valence-corrected chi connectivity index (χ2v) is 9.07. The van der Waals surface area contributed by atoms with E-state index >= 15 is 0 Å². The Morgan fingerprint density at radius 2 is 1.78 bits per heavy atom. The first kappa shape index (κ1) is 17.9. The maximum absolute atomic E-state index is 12.5. The highest BCUT2D eigenvalue weighted by Gasteiger charge is 2.44. The quantitative estimate of drug-likeness (QED) is 0.620. The Balaban J connectivity index is 1.41. The summed E-state index contributed by atoms with van der Waals surface area (Å²) >= 11 is 1.48. The van der Waals surface area contributed by atoms with Gasteiger partial charge >= 0.3 is 0 Å². The molecule has 0 saturated heterocycles. The highest BCUT2D eigenvalue weighted by atomic mass is 32.1. The van der Waals surface area contributed by atoms with E-state index in [1.165, 1.54) is 22.5 Å². The van der Waals surface area contributed by atoms with E-state index in [0.29, 0.717) is 11.0 Å². The maximum atomic E-state index is 12.5. The molecule has 0 spiro atoms. The average molecular weight is 377 g/mol. The summed E-state index contributed by atoms with van der Waals surface area (Å²) < 4.78 is 0. The minimum Gasteiger partial charge on any atom is -0.302 e. The number of aromatic nitrogens is 1. The van der Waals surface area contributed by atoms with Crippen molar-refractivity contribution in [2.75, 3.05) is 5.32 Å². The lowest BCUT2D eigenvalue weighted by atomic mass is 9.86. The van der Waals surface area contributed by atoms with Gasteiger partial charge in [-0.05, 0) is 28.9 Å². The molecule has 0 bridgehead atoms. The molecular weight excluding hydrogens is 352 g/mol. The Labute approximate surface area is 164 Å². The largest absolute Gasteiger partial charge is 0.302 e. The molecule has 1 amide bonds. The Morgan fingerprint density at radius 1 is 1.07 bits per heavy atom. The van der Waals surface area contributed by atoms with Crippen molar-refractivity contribution in [3.8, 4) is 11.3 Å². The predicted molar refractivity (Wildman–Crippen MR) is 112 cm³/mol. The third-order valence-electron chi connectivity index (χ3n) is 5.14. The van der Waals surface area contributed by atoms with Crippen LogP contribution in [0.1, 0.15) is 44.2 Å². The van der Waals surface area contributed by atoms with Gasteiger partial charge in [0.1, 0.15) is 0 Å². The predicted octanol–water partition coefficient (Wildman–Crippen LogP) is 5.85. The molecule has 1 fully saturated rings. The number of hydrogen-bond donors (Lipinski definition) is 1. The van der Waals surface area contributed by atoms with Gasteiger partial charge in [-0.3, -0.25) is 4.79 Å². The second-order valence-electron chi connectivity index (χ2n) is 8.21. The van der Waals surface area contributed by atoms with Crippen molar-refractivity contribution >= 4 is 22.4 Å². The SMILES string of the molecule is CC(C)(C)c1ccc(-c2csc(NC(=O)C3CC3c3ccccc3)n2)cc1. The van der Waals surface area contributed by atoms with Gasteiger partial charge in [-0.15, -0.1) is 11.3 Å². The summed E-state index contributed by atoms with van der Waals surface area (Å²) in [5.41, 5.74) is 4.67. The van der Waals surface area contributed by atoms with Crippen molar-refractivity contribution in [3.05, 3.63) is 71.1 Å². The maximum Gasteiger partial charge on any atom is 0.229 e. The van der Waals surface area contributed by atoms with Gasteiger partial charge in [-0.2, -0.15) is 0 Å². The standard InChI is InChI=1S/C23H24N2OS/c1-23(2,3)17-11-9-16(10-12-17)20-14-27-22(24-20)25-21(26)19-13-18(19)15-7-5-4-6-8-15/h4-12,14,18-19H,13H2,1-3H3,(H,24,25,26). The lowest BCUT2D eigenvalue weighted by molar-refractivity contribution is -0.117. The van der Waals surface area contributed by atoms with Gasteiger partial charge in [-0.25, -0.2) is 4.98 Å². The van der Waals surface area contributed by atoms with Gasteiger partial charge in [0.25, 0.3) is 0 Å². The van der Waals surface area contributed by atoms with Gasteiger partial charge in [-0.1, -0.05) is 75.4 Å². The number of benzene rings is 2. The van der Waals surface area contributed by atoms with Crippen LogP contribution in [0.25, 0.3) is 11.3 Å². The van der Waals surface area contributed by atoms with Crippen LogP contribution in [0, 0.1) is 5.92 Å². The van der Waals surface area contributed by atoms with Crippen LogP contribution in [0.15, 0.2) is 60.0 Å². The fourth-order valence-electron chi connectivity index (χ4n) is 3.36. The third kappa shape index (κ3) is 3.96.